The van der Waals surface area contributed by atoms with Crippen molar-refractivity contribution in [2.75, 3.05) is 65.9 Å². The van der Waals surface area contributed by atoms with Crippen LogP contribution < -0.4 is 11.1 Å². The lowest BCUT2D eigenvalue weighted by molar-refractivity contribution is -0.000642. The third kappa shape index (κ3) is 8.04. The molecule has 3 aromatic rings. The van der Waals surface area contributed by atoms with Crippen LogP contribution in [0.3, 0.4) is 0 Å². The molecule has 1 aliphatic rings. The molecule has 0 amide bonds. The molecule has 0 radical (unpaired) electrons. The van der Waals surface area contributed by atoms with Crippen LogP contribution in [0.5, 0.6) is 0 Å². The number of rotatable bonds is 18. The molecule has 7 nitrogen and oxygen atoms in total. The van der Waals surface area contributed by atoms with Gasteiger partial charge in [-0.1, -0.05) is 24.3 Å². The third-order valence-electron chi connectivity index (χ3n) is 6.46. The molecule has 0 aliphatic carbocycles. The standard InChI is InChI=1S/C29H41N3O4S/c1-2-32-27-8-5-23(20-26(27)25-7-6-24(21-28(25)32)29-4-3-19-37-29)22-31-10-12-34-14-16-36-18-17-35-15-13-33-11-9-30/h3,5-8,19-21,29,31H,2,4,9-18,22,30H2,1H3. The molecule has 37 heavy (non-hydrogen) atoms. The van der Waals surface area contributed by atoms with E-state index in [1.165, 1.54) is 32.9 Å². The van der Waals surface area contributed by atoms with E-state index in [1.54, 1.807) is 0 Å². The summed E-state index contributed by atoms with van der Waals surface area (Å²) in [6.45, 7) is 10.0. The lowest BCUT2D eigenvalue weighted by Gasteiger charge is -2.10. The number of hydrogen-bond acceptors (Lipinski definition) is 7. The Morgan fingerprint density at radius 3 is 2.27 bits per heavy atom. The molecule has 8 heteroatoms. The van der Waals surface area contributed by atoms with E-state index < -0.39 is 0 Å². The number of benzene rings is 2. The number of nitrogens with two attached hydrogens (primary N) is 1. The van der Waals surface area contributed by atoms with Crippen molar-refractivity contribution in [3.05, 3.63) is 59.0 Å². The molecule has 2 heterocycles. The molecule has 2 aromatic carbocycles. The van der Waals surface area contributed by atoms with Crippen LogP contribution in [0.1, 0.15) is 29.7 Å². The van der Waals surface area contributed by atoms with Crippen LogP contribution in [0.25, 0.3) is 21.8 Å². The third-order valence-corrected chi connectivity index (χ3v) is 7.60. The SMILES string of the molecule is CCn1c2ccc(CNCCOCCOCCOCCOCCN)cc2c2ccc(C3CC=CS3)cc21. The van der Waals surface area contributed by atoms with E-state index in [4.69, 9.17) is 24.7 Å². The van der Waals surface area contributed by atoms with E-state index in [-0.39, 0.29) is 0 Å². The van der Waals surface area contributed by atoms with Crippen molar-refractivity contribution >= 4 is 33.6 Å². The first-order chi connectivity index (χ1) is 18.3. The van der Waals surface area contributed by atoms with Crippen molar-refractivity contribution in [3.63, 3.8) is 0 Å². The summed E-state index contributed by atoms with van der Waals surface area (Å²) in [5, 5.41) is 8.95. The van der Waals surface area contributed by atoms with Crippen LogP contribution in [0.2, 0.25) is 0 Å². The van der Waals surface area contributed by atoms with Crippen molar-refractivity contribution in [3.8, 4) is 0 Å². The van der Waals surface area contributed by atoms with Gasteiger partial charge in [0.15, 0.2) is 0 Å². The molecule has 1 aromatic heterocycles. The normalized spacial score (nSPS) is 15.5. The fourth-order valence-corrected chi connectivity index (χ4v) is 5.57. The Hall–Kier alpha value is -1.91. The second kappa shape index (κ2) is 15.5. The lowest BCUT2D eigenvalue weighted by Crippen LogP contribution is -2.20. The first kappa shape index (κ1) is 28.1. The van der Waals surface area contributed by atoms with Crippen LogP contribution in [-0.4, -0.2) is 70.5 Å². The fraction of sp³-hybridized carbons (Fsp3) is 0.517. The Labute approximate surface area is 224 Å². The molecule has 1 aliphatic heterocycles. The quantitative estimate of drug-likeness (QED) is 0.234. The van der Waals surface area contributed by atoms with Crippen molar-refractivity contribution < 1.29 is 18.9 Å². The fourth-order valence-electron chi connectivity index (χ4n) is 4.64. The summed E-state index contributed by atoms with van der Waals surface area (Å²) in [5.74, 6) is 0. The van der Waals surface area contributed by atoms with Gasteiger partial charge in [0, 0.05) is 53.2 Å². The number of thioether (sulfide) groups is 1. The van der Waals surface area contributed by atoms with Crippen molar-refractivity contribution in [1.29, 1.82) is 0 Å². The van der Waals surface area contributed by atoms with Crippen molar-refractivity contribution in [2.45, 2.75) is 31.7 Å². The lowest BCUT2D eigenvalue weighted by atomic mass is 10.0. The Kier molecular flexibility index (Phi) is 11.8. The van der Waals surface area contributed by atoms with Gasteiger partial charge in [-0.2, -0.15) is 0 Å². The van der Waals surface area contributed by atoms with Crippen molar-refractivity contribution in [1.82, 2.24) is 9.88 Å². The van der Waals surface area contributed by atoms with Crippen molar-refractivity contribution in [2.24, 2.45) is 5.73 Å². The summed E-state index contributed by atoms with van der Waals surface area (Å²) < 4.78 is 24.3. The maximum atomic E-state index is 5.67. The maximum Gasteiger partial charge on any atom is 0.0701 e. The van der Waals surface area contributed by atoms with Gasteiger partial charge in [-0.05, 0) is 48.1 Å². The Balaban J connectivity index is 1.16. The van der Waals surface area contributed by atoms with Crippen LogP contribution in [0.15, 0.2) is 47.9 Å². The van der Waals surface area contributed by atoms with E-state index in [9.17, 15) is 0 Å². The molecule has 1 atom stereocenters. The number of aryl methyl sites for hydroxylation is 1. The van der Waals surface area contributed by atoms with Gasteiger partial charge in [0.05, 0.1) is 52.9 Å². The summed E-state index contributed by atoms with van der Waals surface area (Å²) in [6.07, 6.45) is 3.39. The average Bonchev–Trinajstić information content (AvgIpc) is 3.57. The zero-order valence-electron chi connectivity index (χ0n) is 22.0. The van der Waals surface area contributed by atoms with Gasteiger partial charge in [-0.15, -0.1) is 11.8 Å². The molecule has 3 N–H and O–H groups in total. The summed E-state index contributed by atoms with van der Waals surface area (Å²) in [6, 6.07) is 13.9. The number of hydrogen-bond donors (Lipinski definition) is 2. The van der Waals surface area contributed by atoms with E-state index >= 15 is 0 Å². The minimum atomic E-state index is 0.540. The number of allylic oxidation sites excluding steroid dienone is 1. The summed E-state index contributed by atoms with van der Waals surface area (Å²) in [4.78, 5) is 0. The highest BCUT2D eigenvalue weighted by molar-refractivity contribution is 8.02. The second-order valence-electron chi connectivity index (χ2n) is 9.02. The average molecular weight is 528 g/mol. The molecule has 202 valence electrons. The highest BCUT2D eigenvalue weighted by Gasteiger charge is 2.17. The summed E-state index contributed by atoms with van der Waals surface area (Å²) in [7, 11) is 0. The first-order valence-electron chi connectivity index (χ1n) is 13.4. The second-order valence-corrected chi connectivity index (χ2v) is 10.1. The van der Waals surface area contributed by atoms with Crippen LogP contribution in [0.4, 0.5) is 0 Å². The minimum absolute atomic E-state index is 0.540. The largest absolute Gasteiger partial charge is 0.378 e. The number of fused-ring (bicyclic) bond motifs is 3. The predicted molar refractivity (Wildman–Crippen MR) is 153 cm³/mol. The van der Waals surface area contributed by atoms with Gasteiger partial charge in [0.25, 0.3) is 0 Å². The zero-order valence-corrected chi connectivity index (χ0v) is 22.8. The Morgan fingerprint density at radius 1 is 0.865 bits per heavy atom. The highest BCUT2D eigenvalue weighted by Crippen LogP contribution is 2.40. The molecule has 0 bridgehead atoms. The monoisotopic (exact) mass is 527 g/mol. The molecule has 1 unspecified atom stereocenters. The van der Waals surface area contributed by atoms with Gasteiger partial charge in [0.2, 0.25) is 0 Å². The minimum Gasteiger partial charge on any atom is -0.378 e. The van der Waals surface area contributed by atoms with Gasteiger partial charge < -0.3 is 34.6 Å². The van der Waals surface area contributed by atoms with E-state index in [0.29, 0.717) is 64.6 Å². The zero-order chi connectivity index (χ0) is 25.7. The molecule has 0 saturated carbocycles. The molecule has 0 fully saturated rings. The van der Waals surface area contributed by atoms with Gasteiger partial charge in [-0.3, -0.25) is 0 Å². The smallest absolute Gasteiger partial charge is 0.0701 e. The number of nitrogens with zero attached hydrogens (tertiary/aromatic N) is 1. The van der Waals surface area contributed by atoms with E-state index in [0.717, 1.165) is 26.1 Å². The van der Waals surface area contributed by atoms with E-state index in [2.05, 4.69) is 64.7 Å². The molecular formula is C29H41N3O4S. The Morgan fingerprint density at radius 2 is 1.59 bits per heavy atom. The van der Waals surface area contributed by atoms with Crippen LogP contribution >= 0.6 is 11.8 Å². The first-order valence-corrected chi connectivity index (χ1v) is 14.3. The summed E-state index contributed by atoms with van der Waals surface area (Å²) in [5.41, 5.74) is 10.7. The number of aromatic nitrogens is 1. The molecular weight excluding hydrogens is 486 g/mol. The topological polar surface area (TPSA) is 79.9 Å². The van der Waals surface area contributed by atoms with E-state index in [1.807, 2.05) is 11.8 Å². The van der Waals surface area contributed by atoms with Crippen LogP contribution in [0, 0.1) is 0 Å². The number of nitrogens with one attached hydrogen (secondary N) is 1. The number of ether oxygens (including phenoxy) is 4. The maximum absolute atomic E-state index is 5.67. The molecule has 4 rings (SSSR count). The van der Waals surface area contributed by atoms with Gasteiger partial charge >= 0.3 is 0 Å². The summed E-state index contributed by atoms with van der Waals surface area (Å²) >= 11 is 1.92. The van der Waals surface area contributed by atoms with Crippen LogP contribution in [-0.2, 0) is 32.0 Å². The highest BCUT2D eigenvalue weighted by atomic mass is 32.2. The molecule has 0 saturated heterocycles. The molecule has 0 spiro atoms. The van der Waals surface area contributed by atoms with Gasteiger partial charge in [-0.25, -0.2) is 0 Å². The predicted octanol–water partition coefficient (Wildman–Crippen LogP) is 4.62. The Bertz CT molecular complexity index is 1130. The van der Waals surface area contributed by atoms with Gasteiger partial charge in [0.1, 0.15) is 0 Å².